The highest BCUT2D eigenvalue weighted by molar-refractivity contribution is 5.75. The quantitative estimate of drug-likeness (QED) is 0.799. The van der Waals surface area contributed by atoms with Crippen LogP contribution in [0.2, 0.25) is 0 Å². The average molecular weight is 249 g/mol. The Morgan fingerprint density at radius 2 is 2.17 bits per heavy atom. The molecule has 1 atom stereocenters. The Kier molecular flexibility index (Phi) is 4.20. The number of ether oxygens (including phenoxy) is 2. The zero-order valence-corrected chi connectivity index (χ0v) is 10.9. The lowest BCUT2D eigenvalue weighted by Gasteiger charge is -2.15. The van der Waals surface area contributed by atoms with Gasteiger partial charge in [-0.1, -0.05) is 6.07 Å². The number of hydrogen-bond acceptors (Lipinski definition) is 4. The van der Waals surface area contributed by atoms with E-state index in [9.17, 15) is 4.79 Å². The summed E-state index contributed by atoms with van der Waals surface area (Å²) < 4.78 is 10.3. The van der Waals surface area contributed by atoms with E-state index in [2.05, 4.69) is 22.2 Å². The van der Waals surface area contributed by atoms with E-state index >= 15 is 0 Å². The number of rotatable bonds is 5. The predicted molar refractivity (Wildman–Crippen MR) is 68.8 cm³/mol. The van der Waals surface area contributed by atoms with Crippen LogP contribution in [0.15, 0.2) is 18.2 Å². The van der Waals surface area contributed by atoms with Crippen LogP contribution in [0.3, 0.4) is 0 Å². The summed E-state index contributed by atoms with van der Waals surface area (Å²) in [7, 11) is 3.09. The van der Waals surface area contributed by atoms with E-state index in [0.717, 1.165) is 18.6 Å². The van der Waals surface area contributed by atoms with Crippen LogP contribution in [0, 0.1) is 0 Å². The van der Waals surface area contributed by atoms with Gasteiger partial charge in [0.25, 0.3) is 0 Å². The van der Waals surface area contributed by atoms with Crippen molar-refractivity contribution in [2.24, 2.45) is 0 Å². The second-order valence-electron chi connectivity index (χ2n) is 4.46. The molecule has 1 aliphatic carbocycles. The minimum absolute atomic E-state index is 0.280. The zero-order chi connectivity index (χ0) is 13.0. The van der Waals surface area contributed by atoms with Crippen molar-refractivity contribution in [2.75, 3.05) is 20.8 Å². The molecule has 0 bridgehead atoms. The molecular formula is C14H19NO3. The molecule has 1 aromatic rings. The van der Waals surface area contributed by atoms with Crippen LogP contribution in [0.5, 0.6) is 5.75 Å². The molecular weight excluding hydrogens is 230 g/mol. The minimum atomic E-state index is -0.428. The van der Waals surface area contributed by atoms with Gasteiger partial charge in [0, 0.05) is 0 Å². The van der Waals surface area contributed by atoms with Crippen molar-refractivity contribution < 1.29 is 14.3 Å². The monoisotopic (exact) mass is 249 g/mol. The van der Waals surface area contributed by atoms with E-state index < -0.39 is 6.04 Å². The van der Waals surface area contributed by atoms with Gasteiger partial charge >= 0.3 is 5.97 Å². The molecule has 98 valence electrons. The molecule has 1 unspecified atom stereocenters. The first-order valence-corrected chi connectivity index (χ1v) is 6.24. The number of likely N-dealkylation sites (N-methyl/N-ethyl adjacent to an activating group) is 1. The predicted octanol–water partition coefficient (Wildman–Crippen LogP) is 1.32. The van der Waals surface area contributed by atoms with E-state index in [1.54, 1.807) is 7.05 Å². The molecule has 1 aliphatic rings. The Morgan fingerprint density at radius 1 is 1.39 bits per heavy atom. The minimum Gasteiger partial charge on any atom is -0.491 e. The molecule has 0 aromatic heterocycles. The summed E-state index contributed by atoms with van der Waals surface area (Å²) in [6, 6.07) is 5.73. The summed E-state index contributed by atoms with van der Waals surface area (Å²) in [4.78, 5) is 11.4. The molecule has 0 amide bonds. The van der Waals surface area contributed by atoms with Crippen LogP contribution in [-0.2, 0) is 22.4 Å². The topological polar surface area (TPSA) is 47.6 Å². The van der Waals surface area contributed by atoms with Crippen molar-refractivity contribution in [3.63, 3.8) is 0 Å². The van der Waals surface area contributed by atoms with E-state index in [4.69, 9.17) is 4.74 Å². The van der Waals surface area contributed by atoms with Gasteiger partial charge in [0.15, 0.2) is 0 Å². The fraction of sp³-hybridized carbons (Fsp3) is 0.500. The van der Waals surface area contributed by atoms with Gasteiger partial charge in [-0.3, -0.25) is 4.79 Å². The van der Waals surface area contributed by atoms with Crippen molar-refractivity contribution in [2.45, 2.75) is 25.3 Å². The first-order chi connectivity index (χ1) is 8.74. The Morgan fingerprint density at radius 3 is 2.89 bits per heavy atom. The van der Waals surface area contributed by atoms with Crippen molar-refractivity contribution in [3.05, 3.63) is 29.3 Å². The van der Waals surface area contributed by atoms with Crippen molar-refractivity contribution in [1.29, 1.82) is 0 Å². The number of esters is 1. The second-order valence-corrected chi connectivity index (χ2v) is 4.46. The number of carbonyl (C=O) groups excluding carboxylic acids is 1. The van der Waals surface area contributed by atoms with Crippen LogP contribution in [0.1, 0.15) is 17.5 Å². The lowest BCUT2D eigenvalue weighted by molar-refractivity contribution is -0.143. The maximum Gasteiger partial charge on any atom is 0.326 e. The molecule has 4 nitrogen and oxygen atoms in total. The standard InChI is InChI=1S/C14H19NO3/c1-15-13(14(16)17-2)9-18-12-7-6-10-4-3-5-11(10)8-12/h6-8,13,15H,3-5,9H2,1-2H3. The van der Waals surface area contributed by atoms with E-state index in [1.165, 1.54) is 24.7 Å². The van der Waals surface area contributed by atoms with Gasteiger partial charge in [-0.25, -0.2) is 0 Å². The number of fused-ring (bicyclic) bond motifs is 1. The van der Waals surface area contributed by atoms with Crippen LogP contribution < -0.4 is 10.1 Å². The average Bonchev–Trinajstić information content (AvgIpc) is 2.86. The number of nitrogens with one attached hydrogen (secondary N) is 1. The Bertz CT molecular complexity index is 431. The van der Waals surface area contributed by atoms with Gasteiger partial charge in [0.2, 0.25) is 0 Å². The highest BCUT2D eigenvalue weighted by atomic mass is 16.5. The number of aryl methyl sites for hydroxylation is 2. The molecule has 18 heavy (non-hydrogen) atoms. The first-order valence-electron chi connectivity index (χ1n) is 6.24. The summed E-state index contributed by atoms with van der Waals surface area (Å²) in [6.07, 6.45) is 3.51. The summed E-state index contributed by atoms with van der Waals surface area (Å²) in [5.41, 5.74) is 2.78. The third-order valence-corrected chi connectivity index (χ3v) is 3.32. The molecule has 0 aliphatic heterocycles. The van der Waals surface area contributed by atoms with Gasteiger partial charge < -0.3 is 14.8 Å². The number of hydrogen-bond donors (Lipinski definition) is 1. The van der Waals surface area contributed by atoms with Crippen molar-refractivity contribution in [1.82, 2.24) is 5.32 Å². The highest BCUT2D eigenvalue weighted by Crippen LogP contribution is 2.26. The third kappa shape index (κ3) is 2.82. The van der Waals surface area contributed by atoms with Gasteiger partial charge in [-0.05, 0) is 49.6 Å². The van der Waals surface area contributed by atoms with Gasteiger partial charge in [-0.2, -0.15) is 0 Å². The Balaban J connectivity index is 1.95. The summed E-state index contributed by atoms with van der Waals surface area (Å²) in [6.45, 7) is 0.280. The Labute approximate surface area is 107 Å². The normalized spacial score (nSPS) is 15.0. The molecule has 2 rings (SSSR count). The molecule has 4 heteroatoms. The second kappa shape index (κ2) is 5.87. The number of methoxy groups -OCH3 is 1. The van der Waals surface area contributed by atoms with Crippen molar-refractivity contribution >= 4 is 5.97 Å². The van der Waals surface area contributed by atoms with Crippen LogP contribution in [-0.4, -0.2) is 32.8 Å². The molecule has 1 aromatic carbocycles. The SMILES string of the molecule is CNC(COc1ccc2c(c1)CCC2)C(=O)OC. The molecule has 0 saturated carbocycles. The maximum absolute atomic E-state index is 11.4. The lowest BCUT2D eigenvalue weighted by Crippen LogP contribution is -2.40. The molecule has 0 radical (unpaired) electrons. The molecule has 0 fully saturated rings. The molecule has 0 spiro atoms. The smallest absolute Gasteiger partial charge is 0.326 e. The summed E-state index contributed by atoms with van der Waals surface area (Å²) in [5.74, 6) is 0.512. The maximum atomic E-state index is 11.4. The molecule has 0 saturated heterocycles. The van der Waals surface area contributed by atoms with E-state index in [1.807, 2.05) is 6.07 Å². The first kappa shape index (κ1) is 12.9. The van der Waals surface area contributed by atoms with Crippen LogP contribution in [0.4, 0.5) is 0 Å². The number of carbonyl (C=O) groups is 1. The summed E-state index contributed by atoms with van der Waals surface area (Å²) in [5, 5.41) is 2.88. The third-order valence-electron chi connectivity index (χ3n) is 3.32. The fourth-order valence-electron chi connectivity index (χ4n) is 2.23. The van der Waals surface area contributed by atoms with E-state index in [0.29, 0.717) is 0 Å². The highest BCUT2D eigenvalue weighted by Gasteiger charge is 2.18. The van der Waals surface area contributed by atoms with Gasteiger partial charge in [0.1, 0.15) is 18.4 Å². The fourth-order valence-corrected chi connectivity index (χ4v) is 2.23. The molecule has 0 heterocycles. The van der Waals surface area contributed by atoms with E-state index in [-0.39, 0.29) is 12.6 Å². The number of benzene rings is 1. The van der Waals surface area contributed by atoms with Crippen LogP contribution >= 0.6 is 0 Å². The van der Waals surface area contributed by atoms with Gasteiger partial charge in [0.05, 0.1) is 7.11 Å². The van der Waals surface area contributed by atoms with Gasteiger partial charge in [-0.15, -0.1) is 0 Å². The Hall–Kier alpha value is -1.55. The molecule has 1 N–H and O–H groups in total. The van der Waals surface area contributed by atoms with Crippen LogP contribution in [0.25, 0.3) is 0 Å². The lowest BCUT2D eigenvalue weighted by atomic mass is 10.1. The van der Waals surface area contributed by atoms with Crippen molar-refractivity contribution in [3.8, 4) is 5.75 Å². The largest absolute Gasteiger partial charge is 0.491 e. The zero-order valence-electron chi connectivity index (χ0n) is 10.9. The summed E-state index contributed by atoms with van der Waals surface area (Å²) >= 11 is 0.